The predicted octanol–water partition coefficient (Wildman–Crippen LogP) is -7.79. The molecule has 0 aliphatic heterocycles. The number of aliphatic hydroxyl groups is 3. The molecule has 0 aliphatic carbocycles. The zero-order valence-electron chi connectivity index (χ0n) is 35.7. The van der Waals surface area contributed by atoms with Gasteiger partial charge in [0.2, 0.25) is 53.2 Å². The van der Waals surface area contributed by atoms with Crippen LogP contribution in [0.5, 0.6) is 0 Å². The molecule has 0 aromatic carbocycles. The van der Waals surface area contributed by atoms with Crippen LogP contribution in [-0.4, -0.2) is 171 Å². The highest BCUT2D eigenvalue weighted by Crippen LogP contribution is 2.11. The second kappa shape index (κ2) is 28.5. The SMILES string of the molecule is CC[C@H](C)[C@H](NC(=O)[C@@H](NC(=O)CNC(=O)[C@H](CC(N)=O)NC(=O)CNC(=O)[C@@H](N)CC(=O)O)[C@@H](C)O)C(=O)N[C@H](C(=O)N[C@H](C(=O)N[C@@H](CCCCN)C(=O)O)[C@@H](C)O)[C@@H](C)O. The third-order valence-electron chi connectivity index (χ3n) is 9.20. The lowest BCUT2D eigenvalue weighted by Gasteiger charge is -2.30. The van der Waals surface area contributed by atoms with Gasteiger partial charge in [0.25, 0.3) is 0 Å². The molecule has 358 valence electrons. The number of unbranched alkanes of at least 4 members (excludes halogenated alkanes) is 1. The summed E-state index contributed by atoms with van der Waals surface area (Å²) < 4.78 is 0. The summed E-state index contributed by atoms with van der Waals surface area (Å²) in [5.41, 5.74) is 16.0. The Morgan fingerprint density at radius 2 is 0.968 bits per heavy atom. The van der Waals surface area contributed by atoms with Crippen LogP contribution in [0.1, 0.15) is 73.1 Å². The lowest BCUT2D eigenvalue weighted by molar-refractivity contribution is -0.143. The molecule has 27 heteroatoms. The van der Waals surface area contributed by atoms with Crippen molar-refractivity contribution < 1.29 is 78.3 Å². The van der Waals surface area contributed by atoms with Gasteiger partial charge in [-0.2, -0.15) is 0 Å². The topological polar surface area (TPSA) is 463 Å². The Labute approximate surface area is 362 Å². The van der Waals surface area contributed by atoms with Crippen LogP contribution >= 0.6 is 0 Å². The van der Waals surface area contributed by atoms with Crippen molar-refractivity contribution in [1.82, 2.24) is 42.5 Å². The molecule has 0 rings (SSSR count). The number of carboxylic acids is 2. The van der Waals surface area contributed by atoms with E-state index in [2.05, 4.69) is 37.2 Å². The molecule has 0 heterocycles. The maximum Gasteiger partial charge on any atom is 0.326 e. The number of hydrogen-bond acceptors (Lipinski definition) is 16. The molecule has 0 unspecified atom stereocenters. The Bertz CT molecular complexity index is 1630. The molecular weight excluding hydrogens is 842 g/mol. The van der Waals surface area contributed by atoms with Crippen molar-refractivity contribution in [2.75, 3.05) is 19.6 Å². The van der Waals surface area contributed by atoms with Crippen molar-refractivity contribution in [1.29, 1.82) is 0 Å². The smallest absolute Gasteiger partial charge is 0.326 e. The van der Waals surface area contributed by atoms with Gasteiger partial charge in [0.05, 0.1) is 50.3 Å². The molecule has 9 amide bonds. The van der Waals surface area contributed by atoms with Crippen molar-refractivity contribution >= 4 is 65.1 Å². The monoisotopic (exact) mass is 905 g/mol. The van der Waals surface area contributed by atoms with Crippen molar-refractivity contribution in [2.24, 2.45) is 23.1 Å². The third kappa shape index (κ3) is 21.6. The summed E-state index contributed by atoms with van der Waals surface area (Å²) in [7, 11) is 0. The van der Waals surface area contributed by atoms with Crippen molar-refractivity contribution in [2.45, 2.75) is 134 Å². The number of nitrogens with two attached hydrogens (primary N) is 3. The van der Waals surface area contributed by atoms with Crippen molar-refractivity contribution in [3.63, 3.8) is 0 Å². The number of aliphatic hydroxyl groups excluding tert-OH is 3. The average Bonchev–Trinajstić information content (AvgIpc) is 3.18. The minimum absolute atomic E-state index is 0.00786. The standard InChI is InChI=1S/C36H63N11O16/c1-6-15(2)26(32(58)46-29(18(5)50)35(61)47-28(17(4)49)33(59)43-20(36(62)63)9-7-8-10-37)45-34(60)27(16(3)48)44-24(53)14-41-31(57)21(12-22(39)51)42-23(52)13-40-30(56)19(38)11-25(54)55/h15-21,26-29,48-50H,6-14,37-38H2,1-5H3,(H2,39,51)(H,40,56)(H,41,57)(H,42,52)(H,43,59)(H,44,53)(H,45,60)(H,46,58)(H,47,61)(H,54,55)(H,62,63)/t15-,16+,17+,18+,19-,20-,21-,26-,27-,28-,29-/m0/s1. The molecule has 0 spiro atoms. The van der Waals surface area contributed by atoms with Gasteiger partial charge in [-0.15, -0.1) is 0 Å². The molecule has 0 aliphatic rings. The van der Waals surface area contributed by atoms with Gasteiger partial charge in [-0.1, -0.05) is 20.3 Å². The first-order valence-electron chi connectivity index (χ1n) is 19.9. The van der Waals surface area contributed by atoms with Gasteiger partial charge in [-0.05, 0) is 52.5 Å². The minimum Gasteiger partial charge on any atom is -0.481 e. The van der Waals surface area contributed by atoms with E-state index in [1.165, 1.54) is 6.92 Å². The maximum atomic E-state index is 13.6. The Morgan fingerprint density at radius 1 is 0.540 bits per heavy atom. The zero-order valence-corrected chi connectivity index (χ0v) is 35.7. The zero-order chi connectivity index (χ0) is 48.7. The van der Waals surface area contributed by atoms with E-state index in [1.807, 2.05) is 5.32 Å². The molecule has 0 aromatic heterocycles. The molecule has 27 nitrogen and oxygen atoms in total. The van der Waals surface area contributed by atoms with Gasteiger partial charge in [0, 0.05) is 0 Å². The number of aliphatic carboxylic acids is 2. The van der Waals surface area contributed by atoms with Gasteiger partial charge >= 0.3 is 11.9 Å². The van der Waals surface area contributed by atoms with Crippen LogP contribution in [0.15, 0.2) is 0 Å². The summed E-state index contributed by atoms with van der Waals surface area (Å²) in [6.45, 7) is 5.09. The first-order valence-corrected chi connectivity index (χ1v) is 19.9. The quantitative estimate of drug-likeness (QED) is 0.0298. The van der Waals surface area contributed by atoms with E-state index in [-0.39, 0.29) is 19.4 Å². The predicted molar refractivity (Wildman–Crippen MR) is 217 cm³/mol. The number of primary amides is 1. The Morgan fingerprint density at radius 3 is 1.40 bits per heavy atom. The summed E-state index contributed by atoms with van der Waals surface area (Å²) in [5, 5.41) is 66.9. The molecule has 0 radical (unpaired) electrons. The van der Waals surface area contributed by atoms with Crippen molar-refractivity contribution in [3.05, 3.63) is 0 Å². The first kappa shape index (κ1) is 57.0. The normalized spacial score (nSPS) is 16.2. The molecule has 19 N–H and O–H groups in total. The fourth-order valence-corrected chi connectivity index (χ4v) is 5.41. The number of nitrogens with one attached hydrogen (secondary N) is 8. The van der Waals surface area contributed by atoms with Crippen LogP contribution in [0, 0.1) is 5.92 Å². The molecule has 0 fully saturated rings. The van der Waals surface area contributed by atoms with Gasteiger partial charge in [-0.3, -0.25) is 47.9 Å². The summed E-state index contributed by atoms with van der Waals surface area (Å²) in [6, 6.07) is -11.4. The second-order valence-electron chi connectivity index (χ2n) is 14.7. The summed E-state index contributed by atoms with van der Waals surface area (Å²) in [4.78, 5) is 137. The molecular formula is C36H63N11O16. The second-order valence-corrected chi connectivity index (χ2v) is 14.7. The number of carbonyl (C=O) groups excluding carboxylic acids is 9. The summed E-state index contributed by atoms with van der Waals surface area (Å²) >= 11 is 0. The Hall–Kier alpha value is -6.03. The highest BCUT2D eigenvalue weighted by Gasteiger charge is 2.37. The molecule has 0 bridgehead atoms. The number of rotatable bonds is 30. The number of carboxylic acid groups (broad SMARTS) is 2. The van der Waals surface area contributed by atoms with E-state index in [4.69, 9.17) is 22.3 Å². The lowest BCUT2D eigenvalue weighted by Crippen LogP contribution is -2.64. The summed E-state index contributed by atoms with van der Waals surface area (Å²) in [6.07, 6.45) is -5.35. The van der Waals surface area contributed by atoms with Crippen LogP contribution in [0.3, 0.4) is 0 Å². The first-order chi connectivity index (χ1) is 29.3. The maximum absolute atomic E-state index is 13.6. The van der Waals surface area contributed by atoms with Gasteiger partial charge in [0.1, 0.15) is 36.3 Å². The Balaban J connectivity index is 5.87. The molecule has 63 heavy (non-hydrogen) atoms. The number of carbonyl (C=O) groups is 11. The fraction of sp³-hybridized carbons (Fsp3) is 0.694. The van der Waals surface area contributed by atoms with E-state index in [0.717, 1.165) is 20.8 Å². The summed E-state index contributed by atoms with van der Waals surface area (Å²) in [5.74, 6) is -13.2. The van der Waals surface area contributed by atoms with Crippen LogP contribution in [0.4, 0.5) is 0 Å². The van der Waals surface area contributed by atoms with Crippen molar-refractivity contribution in [3.8, 4) is 0 Å². The number of amides is 9. The highest BCUT2D eigenvalue weighted by molar-refractivity contribution is 5.98. The van der Waals surface area contributed by atoms with Crippen LogP contribution < -0.4 is 59.7 Å². The van der Waals surface area contributed by atoms with Gasteiger partial charge in [0.15, 0.2) is 0 Å². The third-order valence-corrected chi connectivity index (χ3v) is 9.20. The van der Waals surface area contributed by atoms with Crippen LogP contribution in [-0.2, 0) is 52.7 Å². The molecule has 0 saturated heterocycles. The largest absolute Gasteiger partial charge is 0.481 e. The van der Waals surface area contributed by atoms with E-state index in [9.17, 15) is 73.2 Å². The van der Waals surface area contributed by atoms with E-state index >= 15 is 0 Å². The number of hydrogen-bond donors (Lipinski definition) is 16. The molecule has 0 aromatic rings. The van der Waals surface area contributed by atoms with Gasteiger partial charge in [-0.25, -0.2) is 4.79 Å². The molecule has 0 saturated carbocycles. The van der Waals surface area contributed by atoms with E-state index in [1.54, 1.807) is 6.92 Å². The Kier molecular flexibility index (Phi) is 25.8. The fourth-order valence-electron chi connectivity index (χ4n) is 5.41. The van der Waals surface area contributed by atoms with Crippen LogP contribution in [0.2, 0.25) is 0 Å². The van der Waals surface area contributed by atoms with Crippen LogP contribution in [0.25, 0.3) is 0 Å². The molecule has 11 atom stereocenters. The lowest BCUT2D eigenvalue weighted by atomic mass is 9.96. The van der Waals surface area contributed by atoms with Gasteiger partial charge < -0.3 is 85.3 Å². The van der Waals surface area contributed by atoms with E-state index < -0.39 is 158 Å². The minimum atomic E-state index is -1.81. The highest BCUT2D eigenvalue weighted by atomic mass is 16.4. The average molecular weight is 906 g/mol. The van der Waals surface area contributed by atoms with E-state index in [0.29, 0.717) is 12.8 Å².